The monoisotopic (exact) mass is 343 g/mol. The highest BCUT2D eigenvalue weighted by Crippen LogP contribution is 2.25. The van der Waals surface area contributed by atoms with Gasteiger partial charge in [-0.1, -0.05) is 0 Å². The van der Waals surface area contributed by atoms with Crippen molar-refractivity contribution < 1.29 is 5.11 Å². The highest BCUT2D eigenvalue weighted by Gasteiger charge is 2.23. The lowest BCUT2D eigenvalue weighted by Gasteiger charge is -2.27. The third-order valence-corrected chi connectivity index (χ3v) is 3.27. The molecule has 0 aliphatic carbocycles. The molecule has 1 aromatic rings. The smallest absolute Gasteiger partial charge is 0.0555 e. The molecular formula is C13H24Cl3N3O. The molecule has 0 radical (unpaired) electrons. The van der Waals surface area contributed by atoms with Crippen LogP contribution in [0.1, 0.15) is 12.8 Å². The fourth-order valence-electron chi connectivity index (χ4n) is 2.40. The van der Waals surface area contributed by atoms with Crippen molar-refractivity contribution in [3.8, 4) is 0 Å². The third-order valence-electron chi connectivity index (χ3n) is 3.27. The van der Waals surface area contributed by atoms with E-state index in [9.17, 15) is 0 Å². The fourth-order valence-corrected chi connectivity index (χ4v) is 2.40. The van der Waals surface area contributed by atoms with Gasteiger partial charge in [-0.05, 0) is 37.1 Å². The summed E-state index contributed by atoms with van der Waals surface area (Å²) in [5, 5.41) is 12.0. The van der Waals surface area contributed by atoms with Gasteiger partial charge in [-0.2, -0.15) is 0 Å². The quantitative estimate of drug-likeness (QED) is 0.565. The van der Waals surface area contributed by atoms with Gasteiger partial charge in [-0.3, -0.25) is 0 Å². The average molecular weight is 345 g/mol. The van der Waals surface area contributed by atoms with Crippen molar-refractivity contribution in [2.24, 2.45) is 0 Å². The summed E-state index contributed by atoms with van der Waals surface area (Å²) in [4.78, 5) is 2.42. The Morgan fingerprint density at radius 1 is 1.20 bits per heavy atom. The van der Waals surface area contributed by atoms with Crippen molar-refractivity contribution in [2.45, 2.75) is 18.9 Å². The number of nitrogens with zero attached hydrogens (tertiary/aromatic N) is 1. The van der Waals surface area contributed by atoms with Crippen LogP contribution in [-0.4, -0.2) is 37.4 Å². The number of nitrogens with one attached hydrogen (secondary N) is 1. The first-order valence-electron chi connectivity index (χ1n) is 6.25. The van der Waals surface area contributed by atoms with Gasteiger partial charge in [0.15, 0.2) is 0 Å². The van der Waals surface area contributed by atoms with Crippen molar-refractivity contribution in [1.82, 2.24) is 5.32 Å². The van der Waals surface area contributed by atoms with Crippen LogP contribution in [0.25, 0.3) is 0 Å². The first-order valence-corrected chi connectivity index (χ1v) is 6.25. The number of benzene rings is 1. The molecule has 0 bridgehead atoms. The van der Waals surface area contributed by atoms with Crippen molar-refractivity contribution in [1.29, 1.82) is 0 Å². The Morgan fingerprint density at radius 2 is 1.85 bits per heavy atom. The highest BCUT2D eigenvalue weighted by atomic mass is 35.5. The van der Waals surface area contributed by atoms with E-state index in [1.165, 1.54) is 18.5 Å². The minimum absolute atomic E-state index is 0. The summed E-state index contributed by atoms with van der Waals surface area (Å²) in [7, 11) is 0. The maximum absolute atomic E-state index is 8.76. The number of rotatable bonds is 5. The number of aliphatic hydroxyl groups is 1. The lowest BCUT2D eigenvalue weighted by molar-refractivity contribution is 0.291. The summed E-state index contributed by atoms with van der Waals surface area (Å²) < 4.78 is 0. The van der Waals surface area contributed by atoms with Crippen LogP contribution in [0.5, 0.6) is 0 Å². The van der Waals surface area contributed by atoms with Gasteiger partial charge >= 0.3 is 0 Å². The van der Waals surface area contributed by atoms with Crippen LogP contribution >= 0.6 is 37.2 Å². The van der Waals surface area contributed by atoms with Crippen LogP contribution in [0.2, 0.25) is 0 Å². The average Bonchev–Trinajstić information content (AvgIpc) is 2.79. The summed E-state index contributed by atoms with van der Waals surface area (Å²) in [6, 6.07) is 8.60. The number of hydrogen-bond acceptors (Lipinski definition) is 4. The standard InChI is InChI=1S/C13H21N3O.3ClH/c14-11-3-5-12(6-4-11)16-8-1-2-13(16)10-15-7-9-17;;;/h3-6,13,15,17H,1-2,7-10,14H2;3*1H. The van der Waals surface area contributed by atoms with Crippen molar-refractivity contribution in [3.63, 3.8) is 0 Å². The molecule has 118 valence electrons. The Labute approximate surface area is 139 Å². The molecule has 1 heterocycles. The largest absolute Gasteiger partial charge is 0.399 e. The second-order valence-corrected chi connectivity index (χ2v) is 4.51. The lowest BCUT2D eigenvalue weighted by atomic mass is 10.2. The molecule has 1 unspecified atom stereocenters. The van der Waals surface area contributed by atoms with Crippen LogP contribution in [-0.2, 0) is 0 Å². The second-order valence-electron chi connectivity index (χ2n) is 4.51. The van der Waals surface area contributed by atoms with E-state index in [1.54, 1.807) is 0 Å². The lowest BCUT2D eigenvalue weighted by Crippen LogP contribution is -2.38. The highest BCUT2D eigenvalue weighted by molar-refractivity contribution is 5.86. The van der Waals surface area contributed by atoms with Crippen LogP contribution in [0.4, 0.5) is 11.4 Å². The van der Waals surface area contributed by atoms with Crippen LogP contribution < -0.4 is 16.0 Å². The van der Waals surface area contributed by atoms with Gasteiger partial charge in [-0.25, -0.2) is 0 Å². The number of hydrogen-bond donors (Lipinski definition) is 3. The molecule has 0 spiro atoms. The van der Waals surface area contributed by atoms with Gasteiger partial charge in [0.2, 0.25) is 0 Å². The maximum atomic E-state index is 8.76. The molecule has 7 heteroatoms. The predicted molar refractivity (Wildman–Crippen MR) is 92.9 cm³/mol. The van der Waals surface area contributed by atoms with E-state index in [1.807, 2.05) is 12.1 Å². The van der Waals surface area contributed by atoms with Crippen LogP contribution in [0.15, 0.2) is 24.3 Å². The van der Waals surface area contributed by atoms with Gasteiger partial charge < -0.3 is 21.1 Å². The third kappa shape index (κ3) is 5.94. The summed E-state index contributed by atoms with van der Waals surface area (Å²) >= 11 is 0. The van der Waals surface area contributed by atoms with Gasteiger partial charge in [0.1, 0.15) is 0 Å². The van der Waals surface area contributed by atoms with Crippen molar-refractivity contribution in [3.05, 3.63) is 24.3 Å². The van der Waals surface area contributed by atoms with E-state index < -0.39 is 0 Å². The molecule has 1 aromatic carbocycles. The topological polar surface area (TPSA) is 61.5 Å². The second kappa shape index (κ2) is 11.3. The van der Waals surface area contributed by atoms with Gasteiger partial charge in [-0.15, -0.1) is 37.2 Å². The molecule has 0 saturated carbocycles. The van der Waals surface area contributed by atoms with E-state index in [0.717, 1.165) is 18.8 Å². The Morgan fingerprint density at radius 3 is 2.45 bits per heavy atom. The number of nitrogen functional groups attached to an aromatic ring is 1. The van der Waals surface area contributed by atoms with Gasteiger partial charge in [0.05, 0.1) is 6.61 Å². The molecular weight excluding hydrogens is 321 g/mol. The molecule has 4 nitrogen and oxygen atoms in total. The summed E-state index contributed by atoms with van der Waals surface area (Å²) in [6.45, 7) is 2.92. The molecule has 1 aliphatic heterocycles. The molecule has 2 rings (SSSR count). The van der Waals surface area contributed by atoms with E-state index >= 15 is 0 Å². The number of anilines is 2. The zero-order chi connectivity index (χ0) is 12.1. The molecule has 1 fully saturated rings. The molecule has 1 saturated heterocycles. The summed E-state index contributed by atoms with van der Waals surface area (Å²) in [5.74, 6) is 0. The van der Waals surface area contributed by atoms with Crippen molar-refractivity contribution >= 4 is 48.6 Å². The Bertz CT molecular complexity index is 351. The minimum atomic E-state index is 0. The summed E-state index contributed by atoms with van der Waals surface area (Å²) in [6.07, 6.45) is 2.44. The Balaban J connectivity index is 0. The van der Waals surface area contributed by atoms with Crippen LogP contribution in [0.3, 0.4) is 0 Å². The van der Waals surface area contributed by atoms with Crippen LogP contribution in [0, 0.1) is 0 Å². The van der Waals surface area contributed by atoms with E-state index in [0.29, 0.717) is 12.6 Å². The van der Waals surface area contributed by atoms with Gasteiger partial charge in [0.25, 0.3) is 0 Å². The Kier molecular flexibility index (Phi) is 12.4. The zero-order valence-corrected chi connectivity index (χ0v) is 13.8. The molecule has 1 atom stereocenters. The number of nitrogens with two attached hydrogens (primary N) is 1. The maximum Gasteiger partial charge on any atom is 0.0555 e. The number of aliphatic hydroxyl groups excluding tert-OH is 1. The van der Waals surface area contributed by atoms with Crippen molar-refractivity contribution in [2.75, 3.05) is 36.9 Å². The minimum Gasteiger partial charge on any atom is -0.399 e. The first-order chi connectivity index (χ1) is 8.31. The predicted octanol–water partition coefficient (Wildman–Crippen LogP) is 2.08. The molecule has 1 aliphatic rings. The van der Waals surface area contributed by atoms with E-state index in [-0.39, 0.29) is 43.8 Å². The van der Waals surface area contributed by atoms with E-state index in [4.69, 9.17) is 10.8 Å². The number of halogens is 3. The van der Waals surface area contributed by atoms with E-state index in [2.05, 4.69) is 22.3 Å². The SMILES string of the molecule is Cl.Cl.Cl.Nc1ccc(N2CCCC2CNCCO)cc1. The molecule has 20 heavy (non-hydrogen) atoms. The molecule has 4 N–H and O–H groups in total. The molecule has 0 amide bonds. The Hall–Kier alpha value is -0.390. The fraction of sp³-hybridized carbons (Fsp3) is 0.538. The molecule has 0 aromatic heterocycles. The first kappa shape index (κ1) is 21.9. The van der Waals surface area contributed by atoms with Gasteiger partial charge in [0, 0.05) is 37.1 Å². The zero-order valence-electron chi connectivity index (χ0n) is 11.3. The summed E-state index contributed by atoms with van der Waals surface area (Å²) in [5.41, 5.74) is 7.75. The normalized spacial score (nSPS) is 16.9.